The summed E-state index contributed by atoms with van der Waals surface area (Å²) in [6.45, 7) is 1.87. The lowest BCUT2D eigenvalue weighted by atomic mass is 9.93. The molecule has 0 radical (unpaired) electrons. The van der Waals surface area contributed by atoms with E-state index >= 15 is 0 Å². The van der Waals surface area contributed by atoms with Crippen molar-refractivity contribution in [3.63, 3.8) is 0 Å². The Balaban J connectivity index is 1.37. The number of nitrogens with one attached hydrogen (secondary N) is 1. The van der Waals surface area contributed by atoms with Crippen molar-refractivity contribution in [3.8, 4) is 6.01 Å². The van der Waals surface area contributed by atoms with Gasteiger partial charge >= 0.3 is 6.01 Å². The van der Waals surface area contributed by atoms with Crippen LogP contribution in [0.4, 0.5) is 0 Å². The Kier molecular flexibility index (Phi) is 4.51. The summed E-state index contributed by atoms with van der Waals surface area (Å²) in [5, 5.41) is 3.15. The van der Waals surface area contributed by atoms with Gasteiger partial charge in [-0.2, -0.15) is 0 Å². The maximum atomic E-state index is 12.8. The molecule has 3 aromatic rings. The third-order valence-corrected chi connectivity index (χ3v) is 4.74. The van der Waals surface area contributed by atoms with Gasteiger partial charge in [0.1, 0.15) is 17.4 Å². The maximum Gasteiger partial charge on any atom is 0.316 e. The van der Waals surface area contributed by atoms with E-state index in [1.807, 2.05) is 35.7 Å². The summed E-state index contributed by atoms with van der Waals surface area (Å²) < 4.78 is 7.65. The first-order valence-corrected chi connectivity index (χ1v) is 8.89. The second-order valence-electron chi connectivity index (χ2n) is 6.57. The zero-order valence-electron chi connectivity index (χ0n) is 14.6. The number of imidazole rings is 1. The third kappa shape index (κ3) is 3.37. The van der Waals surface area contributed by atoms with E-state index in [0.29, 0.717) is 11.7 Å². The fraction of sp³-hybridized carbons (Fsp3) is 0.368. The number of hydrogen-bond donors (Lipinski definition) is 1. The number of aryl methyl sites for hydroxylation is 1. The molecule has 4 rings (SSSR count). The van der Waals surface area contributed by atoms with Crippen molar-refractivity contribution in [2.45, 2.75) is 44.8 Å². The predicted molar refractivity (Wildman–Crippen MR) is 96.1 cm³/mol. The summed E-state index contributed by atoms with van der Waals surface area (Å²) in [5.41, 5.74) is 2.14. The van der Waals surface area contributed by atoms with Gasteiger partial charge in [-0.05, 0) is 50.8 Å². The Bertz CT molecular complexity index is 901. The number of ether oxygens (including phenoxy) is 1. The summed E-state index contributed by atoms with van der Waals surface area (Å²) in [6, 6.07) is 8.05. The van der Waals surface area contributed by atoms with Crippen molar-refractivity contribution >= 4 is 11.6 Å². The van der Waals surface area contributed by atoms with Gasteiger partial charge in [0.15, 0.2) is 0 Å². The van der Waals surface area contributed by atoms with Gasteiger partial charge in [0.2, 0.25) is 0 Å². The van der Waals surface area contributed by atoms with Crippen LogP contribution in [0.1, 0.15) is 41.9 Å². The van der Waals surface area contributed by atoms with Crippen LogP contribution in [-0.2, 0) is 0 Å². The van der Waals surface area contributed by atoms with Crippen LogP contribution in [0.3, 0.4) is 0 Å². The first-order chi connectivity index (χ1) is 12.7. The van der Waals surface area contributed by atoms with Crippen LogP contribution < -0.4 is 10.1 Å². The molecule has 0 aromatic carbocycles. The Morgan fingerprint density at radius 3 is 2.69 bits per heavy atom. The number of pyridine rings is 1. The summed E-state index contributed by atoms with van der Waals surface area (Å²) >= 11 is 0. The largest absolute Gasteiger partial charge is 0.460 e. The number of aromatic nitrogens is 4. The van der Waals surface area contributed by atoms with E-state index in [1.165, 1.54) is 0 Å². The third-order valence-electron chi connectivity index (χ3n) is 4.74. The summed E-state index contributed by atoms with van der Waals surface area (Å²) in [6.07, 6.45) is 8.80. The van der Waals surface area contributed by atoms with Gasteiger partial charge in [-0.15, -0.1) is 0 Å². The van der Waals surface area contributed by atoms with Crippen LogP contribution in [0.25, 0.3) is 5.65 Å². The van der Waals surface area contributed by atoms with Crippen LogP contribution in [0.2, 0.25) is 0 Å². The van der Waals surface area contributed by atoms with Crippen LogP contribution in [0.5, 0.6) is 6.01 Å². The summed E-state index contributed by atoms with van der Waals surface area (Å²) in [7, 11) is 0. The molecule has 7 nitrogen and oxygen atoms in total. The molecule has 0 unspecified atom stereocenters. The van der Waals surface area contributed by atoms with Gasteiger partial charge in [-0.1, -0.05) is 6.07 Å². The normalized spacial score (nSPS) is 20.0. The Labute approximate surface area is 151 Å². The number of carbonyl (C=O) groups is 1. The molecule has 3 heterocycles. The SMILES string of the molecule is Cc1nc2ccccn2c1C(=O)NC1CCC(Oc2ncccn2)CC1. The van der Waals surface area contributed by atoms with Crippen LogP contribution >= 0.6 is 0 Å². The molecule has 1 saturated carbocycles. The van der Waals surface area contributed by atoms with Crippen molar-refractivity contribution in [2.24, 2.45) is 0 Å². The number of hydrogen-bond acceptors (Lipinski definition) is 5. The van der Waals surface area contributed by atoms with Crippen molar-refractivity contribution in [2.75, 3.05) is 0 Å². The fourth-order valence-corrected chi connectivity index (χ4v) is 3.46. The number of nitrogens with zero attached hydrogens (tertiary/aromatic N) is 4. The van der Waals surface area contributed by atoms with Crippen molar-refractivity contribution in [3.05, 3.63) is 54.2 Å². The van der Waals surface area contributed by atoms with Crippen molar-refractivity contribution in [1.29, 1.82) is 0 Å². The van der Waals surface area contributed by atoms with E-state index in [9.17, 15) is 4.79 Å². The molecule has 0 aliphatic heterocycles. The van der Waals surface area contributed by atoms with Crippen LogP contribution in [-0.4, -0.2) is 37.4 Å². The monoisotopic (exact) mass is 351 g/mol. The molecule has 7 heteroatoms. The minimum Gasteiger partial charge on any atom is -0.460 e. The van der Waals surface area contributed by atoms with E-state index in [-0.39, 0.29) is 18.1 Å². The quantitative estimate of drug-likeness (QED) is 0.781. The highest BCUT2D eigenvalue weighted by Gasteiger charge is 2.26. The van der Waals surface area contributed by atoms with Crippen LogP contribution in [0, 0.1) is 6.92 Å². The van der Waals surface area contributed by atoms with Crippen LogP contribution in [0.15, 0.2) is 42.9 Å². The number of carbonyl (C=O) groups excluding carboxylic acids is 1. The molecule has 0 atom stereocenters. The zero-order chi connectivity index (χ0) is 17.9. The maximum absolute atomic E-state index is 12.8. The highest BCUT2D eigenvalue weighted by atomic mass is 16.5. The first-order valence-electron chi connectivity index (χ1n) is 8.89. The van der Waals surface area contributed by atoms with E-state index in [0.717, 1.165) is 37.0 Å². The minimum atomic E-state index is -0.0723. The topological polar surface area (TPSA) is 81.4 Å². The summed E-state index contributed by atoms with van der Waals surface area (Å²) in [5.74, 6) is -0.0723. The zero-order valence-corrected chi connectivity index (χ0v) is 14.6. The average molecular weight is 351 g/mol. The number of amides is 1. The van der Waals surface area contributed by atoms with E-state index in [2.05, 4.69) is 20.3 Å². The van der Waals surface area contributed by atoms with Crippen molar-refractivity contribution in [1.82, 2.24) is 24.7 Å². The Hall–Kier alpha value is -2.96. The standard InChI is InChI=1S/C19H21N5O2/c1-13-17(24-12-3-2-5-16(24)22-13)18(25)23-14-6-8-15(9-7-14)26-19-20-10-4-11-21-19/h2-5,10-12,14-15H,6-9H2,1H3,(H,23,25). The second kappa shape index (κ2) is 7.11. The highest BCUT2D eigenvalue weighted by molar-refractivity contribution is 5.94. The minimum absolute atomic E-state index is 0.0723. The Morgan fingerprint density at radius 1 is 1.15 bits per heavy atom. The molecule has 0 bridgehead atoms. The Morgan fingerprint density at radius 2 is 1.92 bits per heavy atom. The van der Waals surface area contributed by atoms with E-state index < -0.39 is 0 Å². The molecule has 1 N–H and O–H groups in total. The van der Waals surface area contributed by atoms with Crippen molar-refractivity contribution < 1.29 is 9.53 Å². The second-order valence-corrected chi connectivity index (χ2v) is 6.57. The van der Waals surface area contributed by atoms with E-state index in [1.54, 1.807) is 18.5 Å². The van der Waals surface area contributed by atoms with Gasteiger partial charge in [-0.3, -0.25) is 9.20 Å². The van der Waals surface area contributed by atoms with Gasteiger partial charge in [-0.25, -0.2) is 15.0 Å². The average Bonchev–Trinajstić information content (AvgIpc) is 3.00. The predicted octanol–water partition coefficient (Wildman–Crippen LogP) is 2.55. The van der Waals surface area contributed by atoms with Gasteiger partial charge in [0, 0.05) is 24.6 Å². The molecule has 1 fully saturated rings. The molecule has 134 valence electrons. The lowest BCUT2D eigenvalue weighted by molar-refractivity contribution is 0.0879. The smallest absolute Gasteiger partial charge is 0.316 e. The highest BCUT2D eigenvalue weighted by Crippen LogP contribution is 2.22. The molecule has 0 saturated heterocycles. The molecule has 0 spiro atoms. The van der Waals surface area contributed by atoms with Gasteiger partial charge < -0.3 is 10.1 Å². The fourth-order valence-electron chi connectivity index (χ4n) is 3.46. The lowest BCUT2D eigenvalue weighted by Gasteiger charge is -2.28. The molecule has 1 amide bonds. The number of fused-ring (bicyclic) bond motifs is 1. The molecule has 26 heavy (non-hydrogen) atoms. The molecular weight excluding hydrogens is 330 g/mol. The number of rotatable bonds is 4. The lowest BCUT2D eigenvalue weighted by Crippen LogP contribution is -2.40. The molecule has 1 aliphatic rings. The molecular formula is C19H21N5O2. The van der Waals surface area contributed by atoms with E-state index in [4.69, 9.17) is 4.74 Å². The van der Waals surface area contributed by atoms with Gasteiger partial charge in [0.25, 0.3) is 5.91 Å². The summed E-state index contributed by atoms with van der Waals surface area (Å²) in [4.78, 5) is 25.4. The molecule has 1 aliphatic carbocycles. The molecule has 3 aromatic heterocycles. The first kappa shape index (κ1) is 16.5. The van der Waals surface area contributed by atoms with Gasteiger partial charge in [0.05, 0.1) is 5.69 Å².